The molecule has 2 N–H and O–H groups in total. The van der Waals surface area contributed by atoms with Crippen LogP contribution in [0, 0.1) is 18.8 Å². The monoisotopic (exact) mass is 298 g/mol. The van der Waals surface area contributed by atoms with E-state index >= 15 is 0 Å². The van der Waals surface area contributed by atoms with E-state index in [0.717, 1.165) is 0 Å². The minimum atomic E-state index is -0.900. The Morgan fingerprint density at radius 3 is 2.55 bits per heavy atom. The van der Waals surface area contributed by atoms with Crippen molar-refractivity contribution in [2.45, 2.75) is 27.2 Å². The third-order valence-electron chi connectivity index (χ3n) is 2.80. The fourth-order valence-electron chi connectivity index (χ4n) is 1.92. The molecule has 1 aromatic rings. The van der Waals surface area contributed by atoms with Gasteiger partial charge in [-0.25, -0.2) is 4.98 Å². The van der Waals surface area contributed by atoms with E-state index < -0.39 is 11.9 Å². The molecule has 0 spiro atoms. The molecule has 6 heteroatoms. The largest absolute Gasteiger partial charge is 0.481 e. The average molecular weight is 299 g/mol. The maximum atomic E-state index is 12.0. The second kappa shape index (κ2) is 7.24. The van der Waals surface area contributed by atoms with Crippen molar-refractivity contribution < 1.29 is 14.7 Å². The quantitative estimate of drug-likeness (QED) is 0.791. The van der Waals surface area contributed by atoms with Gasteiger partial charge in [0, 0.05) is 17.8 Å². The maximum Gasteiger partial charge on any atom is 0.308 e. The molecule has 1 heterocycles. The van der Waals surface area contributed by atoms with Crippen molar-refractivity contribution in [3.8, 4) is 0 Å². The number of aliphatic carboxylic acids is 1. The van der Waals surface area contributed by atoms with Crippen LogP contribution in [-0.4, -0.2) is 28.5 Å². The molecule has 1 unspecified atom stereocenters. The van der Waals surface area contributed by atoms with Crippen molar-refractivity contribution in [3.63, 3.8) is 0 Å². The van der Waals surface area contributed by atoms with E-state index in [1.165, 1.54) is 6.07 Å². The van der Waals surface area contributed by atoms with Crippen LogP contribution in [0.5, 0.6) is 0 Å². The molecule has 1 aromatic heterocycles. The van der Waals surface area contributed by atoms with Crippen LogP contribution in [0.2, 0.25) is 5.15 Å². The molecule has 0 fully saturated rings. The highest BCUT2D eigenvalue weighted by Crippen LogP contribution is 2.13. The van der Waals surface area contributed by atoms with Crippen molar-refractivity contribution in [2.24, 2.45) is 11.8 Å². The van der Waals surface area contributed by atoms with Gasteiger partial charge in [-0.1, -0.05) is 25.4 Å². The molecule has 0 saturated carbocycles. The first-order valence-electron chi connectivity index (χ1n) is 6.44. The van der Waals surface area contributed by atoms with Gasteiger partial charge in [0.1, 0.15) is 5.15 Å². The summed E-state index contributed by atoms with van der Waals surface area (Å²) in [5.74, 6) is -1.57. The van der Waals surface area contributed by atoms with Crippen LogP contribution in [0.1, 0.15) is 36.3 Å². The lowest BCUT2D eigenvalue weighted by Crippen LogP contribution is -2.33. The second-order valence-electron chi connectivity index (χ2n) is 5.19. The van der Waals surface area contributed by atoms with Crippen LogP contribution in [0.25, 0.3) is 0 Å². The predicted molar refractivity (Wildman–Crippen MR) is 76.9 cm³/mol. The fraction of sp³-hybridized carbons (Fsp3) is 0.500. The van der Waals surface area contributed by atoms with E-state index in [-0.39, 0.29) is 23.5 Å². The summed E-state index contributed by atoms with van der Waals surface area (Å²) >= 11 is 5.79. The summed E-state index contributed by atoms with van der Waals surface area (Å²) in [6, 6.07) is 3.07. The number of hydrogen-bond acceptors (Lipinski definition) is 3. The van der Waals surface area contributed by atoms with E-state index in [1.807, 2.05) is 13.8 Å². The third-order valence-corrected chi connectivity index (χ3v) is 2.99. The van der Waals surface area contributed by atoms with Gasteiger partial charge >= 0.3 is 5.97 Å². The molecule has 1 rings (SSSR count). The highest BCUT2D eigenvalue weighted by Gasteiger charge is 2.20. The van der Waals surface area contributed by atoms with Gasteiger partial charge in [-0.05, 0) is 31.4 Å². The van der Waals surface area contributed by atoms with Crippen molar-refractivity contribution in [2.75, 3.05) is 6.54 Å². The molecular formula is C14H19ClN2O3. The van der Waals surface area contributed by atoms with Gasteiger partial charge in [0.15, 0.2) is 0 Å². The molecule has 0 bridgehead atoms. The number of aromatic nitrogens is 1. The van der Waals surface area contributed by atoms with Crippen LogP contribution < -0.4 is 5.32 Å². The zero-order chi connectivity index (χ0) is 15.3. The summed E-state index contributed by atoms with van der Waals surface area (Å²) in [5.41, 5.74) is 1.02. The van der Waals surface area contributed by atoms with Crippen LogP contribution >= 0.6 is 11.6 Å². The Hall–Kier alpha value is -1.62. The standard InChI is InChI=1S/C14H19ClN2O3/c1-8(2)4-11(14(19)20)7-16-13(18)10-5-9(3)17-12(15)6-10/h5-6,8,11H,4,7H2,1-3H3,(H,16,18)(H,19,20). The summed E-state index contributed by atoms with van der Waals surface area (Å²) in [7, 11) is 0. The highest BCUT2D eigenvalue weighted by molar-refractivity contribution is 6.29. The minimum Gasteiger partial charge on any atom is -0.481 e. The van der Waals surface area contributed by atoms with Crippen molar-refractivity contribution in [1.29, 1.82) is 0 Å². The first kappa shape index (κ1) is 16.4. The second-order valence-corrected chi connectivity index (χ2v) is 5.58. The number of aryl methyl sites for hydroxylation is 1. The van der Waals surface area contributed by atoms with E-state index in [4.69, 9.17) is 16.7 Å². The van der Waals surface area contributed by atoms with Crippen LogP contribution in [0.4, 0.5) is 0 Å². The molecule has 0 aromatic carbocycles. The van der Waals surface area contributed by atoms with Crippen molar-refractivity contribution in [1.82, 2.24) is 10.3 Å². The Bertz CT molecular complexity index is 483. The molecule has 0 aliphatic carbocycles. The van der Waals surface area contributed by atoms with Crippen LogP contribution in [0.15, 0.2) is 12.1 Å². The number of amides is 1. The first-order valence-corrected chi connectivity index (χ1v) is 6.82. The minimum absolute atomic E-state index is 0.103. The smallest absolute Gasteiger partial charge is 0.308 e. The third kappa shape index (κ3) is 5.17. The van der Waals surface area contributed by atoms with Gasteiger partial charge in [-0.15, -0.1) is 0 Å². The summed E-state index contributed by atoms with van der Waals surface area (Å²) in [6.45, 7) is 5.74. The molecule has 5 nitrogen and oxygen atoms in total. The van der Waals surface area contributed by atoms with Gasteiger partial charge in [0.25, 0.3) is 5.91 Å². The lowest BCUT2D eigenvalue weighted by molar-refractivity contribution is -0.142. The SMILES string of the molecule is Cc1cc(C(=O)NCC(CC(C)C)C(=O)O)cc(Cl)n1. The number of carbonyl (C=O) groups excluding carboxylic acids is 1. The number of nitrogens with one attached hydrogen (secondary N) is 1. The van der Waals surface area contributed by atoms with Gasteiger partial charge in [-0.3, -0.25) is 9.59 Å². The fourth-order valence-corrected chi connectivity index (χ4v) is 2.17. The molecule has 0 aliphatic rings. The number of rotatable bonds is 6. The topological polar surface area (TPSA) is 79.3 Å². The molecule has 20 heavy (non-hydrogen) atoms. The number of pyridine rings is 1. The van der Waals surface area contributed by atoms with E-state index in [0.29, 0.717) is 17.7 Å². The highest BCUT2D eigenvalue weighted by atomic mass is 35.5. The number of nitrogens with zero attached hydrogens (tertiary/aromatic N) is 1. The lowest BCUT2D eigenvalue weighted by Gasteiger charge is -2.15. The Morgan fingerprint density at radius 2 is 2.05 bits per heavy atom. The number of carboxylic acid groups (broad SMARTS) is 1. The zero-order valence-corrected chi connectivity index (χ0v) is 12.6. The zero-order valence-electron chi connectivity index (χ0n) is 11.8. The number of hydrogen-bond donors (Lipinski definition) is 2. The Labute approximate surface area is 123 Å². The maximum absolute atomic E-state index is 12.0. The summed E-state index contributed by atoms with van der Waals surface area (Å²) in [5, 5.41) is 12.0. The van der Waals surface area contributed by atoms with E-state index in [2.05, 4.69) is 10.3 Å². The normalized spacial score (nSPS) is 12.2. The summed E-state index contributed by atoms with van der Waals surface area (Å²) in [4.78, 5) is 27.1. The Balaban J connectivity index is 2.67. The number of halogens is 1. The van der Waals surface area contributed by atoms with Gasteiger partial charge in [0.2, 0.25) is 0 Å². The van der Waals surface area contributed by atoms with E-state index in [1.54, 1.807) is 13.0 Å². The Morgan fingerprint density at radius 1 is 1.40 bits per heavy atom. The molecular weight excluding hydrogens is 280 g/mol. The Kier molecular flexibility index (Phi) is 5.95. The van der Waals surface area contributed by atoms with E-state index in [9.17, 15) is 9.59 Å². The van der Waals surface area contributed by atoms with Gasteiger partial charge < -0.3 is 10.4 Å². The van der Waals surface area contributed by atoms with Crippen LogP contribution in [0.3, 0.4) is 0 Å². The molecule has 1 amide bonds. The molecule has 110 valence electrons. The number of carbonyl (C=O) groups is 2. The average Bonchev–Trinajstić information content (AvgIpc) is 2.32. The molecule has 0 aliphatic heterocycles. The first-order chi connectivity index (χ1) is 9.29. The summed E-state index contributed by atoms with van der Waals surface area (Å²) in [6.07, 6.45) is 0.520. The summed E-state index contributed by atoms with van der Waals surface area (Å²) < 4.78 is 0. The van der Waals surface area contributed by atoms with Crippen molar-refractivity contribution >= 4 is 23.5 Å². The molecule has 0 radical (unpaired) electrons. The lowest BCUT2D eigenvalue weighted by atomic mass is 9.97. The van der Waals surface area contributed by atoms with Gasteiger partial charge in [0.05, 0.1) is 5.92 Å². The van der Waals surface area contributed by atoms with Gasteiger partial charge in [-0.2, -0.15) is 0 Å². The van der Waals surface area contributed by atoms with Crippen molar-refractivity contribution in [3.05, 3.63) is 28.5 Å². The van der Waals surface area contributed by atoms with Crippen LogP contribution in [-0.2, 0) is 4.79 Å². The molecule has 0 saturated heterocycles. The predicted octanol–water partition coefficient (Wildman–Crippen LogP) is 2.52. The molecule has 1 atom stereocenters. The number of carboxylic acids is 1.